The van der Waals surface area contributed by atoms with Crippen molar-refractivity contribution in [1.29, 1.82) is 0 Å². The highest BCUT2D eigenvalue weighted by molar-refractivity contribution is 5.83. The molecule has 2 heterocycles. The second-order valence-electron chi connectivity index (χ2n) is 13.1. The molecule has 2 aliphatic rings. The van der Waals surface area contributed by atoms with E-state index in [0.29, 0.717) is 6.42 Å². The van der Waals surface area contributed by atoms with Gasteiger partial charge in [0.05, 0.1) is 35.9 Å². The zero-order valence-corrected chi connectivity index (χ0v) is 26.7. The van der Waals surface area contributed by atoms with Gasteiger partial charge in [0.15, 0.2) is 6.29 Å². The number of rotatable bonds is 5. The van der Waals surface area contributed by atoms with Crippen molar-refractivity contribution in [3.63, 3.8) is 0 Å². The van der Waals surface area contributed by atoms with Crippen molar-refractivity contribution < 1.29 is 49.0 Å². The zero-order valence-electron chi connectivity index (χ0n) is 26.7. The largest absolute Gasteiger partial charge is 0.459 e. The first-order chi connectivity index (χ1) is 18.8. The first-order valence-electron chi connectivity index (χ1n) is 14.9. The molecule has 11 nitrogen and oxygen atoms in total. The van der Waals surface area contributed by atoms with Crippen LogP contribution in [-0.4, -0.2) is 118 Å². The van der Waals surface area contributed by atoms with Crippen LogP contribution in [-0.2, 0) is 28.5 Å². The fraction of sp³-hybridized carbons (Fsp3) is 0.933. The Bertz CT molecular complexity index is 883. The number of hydrogen-bond acceptors (Lipinski definition) is 11. The molecule has 2 aliphatic heterocycles. The van der Waals surface area contributed by atoms with Gasteiger partial charge in [-0.25, -0.2) is 0 Å². The lowest BCUT2D eigenvalue weighted by molar-refractivity contribution is -0.301. The van der Waals surface area contributed by atoms with Crippen molar-refractivity contribution in [2.24, 2.45) is 23.7 Å². The van der Waals surface area contributed by atoms with Crippen LogP contribution in [0.25, 0.3) is 0 Å². The van der Waals surface area contributed by atoms with Crippen LogP contribution in [0.1, 0.15) is 74.7 Å². The summed E-state index contributed by atoms with van der Waals surface area (Å²) in [6.07, 6.45) is -6.25. The molecule has 0 aromatic carbocycles. The highest BCUT2D eigenvalue weighted by Crippen LogP contribution is 2.39. The van der Waals surface area contributed by atoms with E-state index in [0.717, 1.165) is 0 Å². The van der Waals surface area contributed by atoms with Crippen LogP contribution in [0.4, 0.5) is 0 Å². The number of hydrogen-bond donors (Lipinski definition) is 4. The van der Waals surface area contributed by atoms with Gasteiger partial charge in [-0.2, -0.15) is 0 Å². The average Bonchev–Trinajstić information content (AvgIpc) is 2.92. The Kier molecular flexibility index (Phi) is 12.4. The molecule has 0 radical (unpaired) electrons. The predicted octanol–water partition coefficient (Wildman–Crippen LogP) is 1.51. The number of carbonyl (C=O) groups excluding carboxylic acids is 2. The van der Waals surface area contributed by atoms with E-state index in [1.54, 1.807) is 34.6 Å². The predicted molar refractivity (Wildman–Crippen MR) is 152 cm³/mol. The first-order valence-corrected chi connectivity index (χ1v) is 14.9. The third-order valence-electron chi connectivity index (χ3n) is 9.52. The molecule has 11 heteroatoms. The van der Waals surface area contributed by atoms with Crippen molar-refractivity contribution in [2.75, 3.05) is 21.2 Å². The lowest BCUT2D eigenvalue weighted by Gasteiger charge is -2.48. The normalized spacial score (nSPS) is 47.6. The molecule has 0 unspecified atom stereocenters. The molecular weight excluding hydrogens is 534 g/mol. The number of esters is 1. The number of ether oxygens (including phenoxy) is 4. The maximum Gasteiger partial charge on any atom is 0.311 e. The van der Waals surface area contributed by atoms with Gasteiger partial charge in [0.1, 0.15) is 23.6 Å². The Hall–Kier alpha value is -1.18. The standard InChI is InChI=1S/C30H55NO10/c1-12-21-30(8,37)25(35)17(4)22(32)15(2)14-29(7,38-11)26(18(5)23(33)19(6)27(36)40-21)41-28-24(34)20(31(9)10)13-16(3)39-28/h15-21,23-26,28,33-35,37H,12-14H2,1-11H3/t15-,16-,17-,18+,19-,20+,21+,23-,24-,25-,26-,28+,29+,30-/m1/s1. The molecule has 2 saturated heterocycles. The molecular formula is C30H55NO10. The van der Waals surface area contributed by atoms with E-state index in [1.807, 2.05) is 25.9 Å². The van der Waals surface area contributed by atoms with Gasteiger partial charge >= 0.3 is 5.97 Å². The summed E-state index contributed by atoms with van der Waals surface area (Å²) < 4.78 is 24.2. The summed E-state index contributed by atoms with van der Waals surface area (Å²) in [5.41, 5.74) is -3.11. The number of Topliss-reactive ketones (excluding diaryl/α,β-unsaturated/α-hetero) is 1. The summed E-state index contributed by atoms with van der Waals surface area (Å²) in [6, 6.07) is -0.244. The van der Waals surface area contributed by atoms with Crippen LogP contribution in [0.2, 0.25) is 0 Å². The number of likely N-dealkylation sites (N-methyl/N-ethyl adjacent to an activating group) is 1. The molecule has 41 heavy (non-hydrogen) atoms. The molecule has 0 amide bonds. The molecule has 0 aromatic heterocycles. The maximum atomic E-state index is 13.6. The Morgan fingerprint density at radius 1 is 1.00 bits per heavy atom. The minimum Gasteiger partial charge on any atom is -0.459 e. The van der Waals surface area contributed by atoms with Gasteiger partial charge in [0, 0.05) is 30.9 Å². The number of aliphatic hydroxyl groups excluding tert-OH is 3. The van der Waals surface area contributed by atoms with Crippen LogP contribution in [0.3, 0.4) is 0 Å². The lowest BCUT2D eigenvalue weighted by Crippen LogP contribution is -2.60. The Balaban J connectivity index is 2.60. The van der Waals surface area contributed by atoms with Crippen LogP contribution in [0.5, 0.6) is 0 Å². The van der Waals surface area contributed by atoms with E-state index < -0.39 is 77.7 Å². The second kappa shape index (κ2) is 14.1. The molecule has 0 spiro atoms. The minimum atomic E-state index is -1.91. The molecule has 2 fully saturated rings. The minimum absolute atomic E-state index is 0.134. The molecule has 0 aliphatic carbocycles. The van der Waals surface area contributed by atoms with E-state index in [2.05, 4.69) is 0 Å². The number of methoxy groups -OCH3 is 1. The van der Waals surface area contributed by atoms with Crippen LogP contribution in [0, 0.1) is 23.7 Å². The molecule has 14 atom stereocenters. The molecule has 240 valence electrons. The van der Waals surface area contributed by atoms with E-state index in [1.165, 1.54) is 21.0 Å². The van der Waals surface area contributed by atoms with Gasteiger partial charge in [-0.3, -0.25) is 9.59 Å². The van der Waals surface area contributed by atoms with Crippen LogP contribution >= 0.6 is 0 Å². The average molecular weight is 590 g/mol. The van der Waals surface area contributed by atoms with Crippen LogP contribution < -0.4 is 0 Å². The summed E-state index contributed by atoms with van der Waals surface area (Å²) in [5, 5.41) is 45.1. The first kappa shape index (κ1) is 36.0. The Labute approximate surface area is 245 Å². The van der Waals surface area contributed by atoms with Crippen molar-refractivity contribution >= 4 is 11.8 Å². The van der Waals surface area contributed by atoms with Crippen molar-refractivity contribution in [1.82, 2.24) is 4.90 Å². The molecule has 0 aromatic rings. The van der Waals surface area contributed by atoms with Gasteiger partial charge < -0.3 is 44.3 Å². The van der Waals surface area contributed by atoms with Crippen molar-refractivity contribution in [2.45, 2.75) is 135 Å². The summed E-state index contributed by atoms with van der Waals surface area (Å²) >= 11 is 0. The summed E-state index contributed by atoms with van der Waals surface area (Å²) in [5.74, 6) is -4.49. The van der Waals surface area contributed by atoms with Gasteiger partial charge in [0.2, 0.25) is 0 Å². The number of carbonyl (C=O) groups is 2. The number of nitrogens with zero attached hydrogens (tertiary/aromatic N) is 1. The lowest BCUT2D eigenvalue weighted by atomic mass is 9.74. The Morgan fingerprint density at radius 3 is 2.10 bits per heavy atom. The SMILES string of the molecule is CC[C@@H]1OC(=O)[C@H](C)[C@H](O)[C@H](C)[C@@H](O[C@@H]2O[C@H](C)C[C@H](N(C)C)[C@H]2O)[C@@](C)(OC)C[C@@H](C)C(=O)[C@@H](C)[C@@H](O)[C@]1(C)O. The summed E-state index contributed by atoms with van der Waals surface area (Å²) in [7, 11) is 5.21. The maximum absolute atomic E-state index is 13.6. The molecule has 4 N–H and O–H groups in total. The fourth-order valence-electron chi connectivity index (χ4n) is 6.59. The van der Waals surface area contributed by atoms with E-state index in [9.17, 15) is 30.0 Å². The van der Waals surface area contributed by atoms with Gasteiger partial charge in [-0.1, -0.05) is 27.7 Å². The molecule has 0 saturated carbocycles. The summed E-state index contributed by atoms with van der Waals surface area (Å²) in [4.78, 5) is 28.8. The smallest absolute Gasteiger partial charge is 0.311 e. The third kappa shape index (κ3) is 7.67. The number of ketones is 1. The van der Waals surface area contributed by atoms with Gasteiger partial charge in [0.25, 0.3) is 0 Å². The topological polar surface area (TPSA) is 155 Å². The molecule has 0 bridgehead atoms. The fourth-order valence-corrected chi connectivity index (χ4v) is 6.59. The Morgan fingerprint density at radius 2 is 1.59 bits per heavy atom. The monoisotopic (exact) mass is 589 g/mol. The number of cyclic esters (lactones) is 1. The van der Waals surface area contributed by atoms with Crippen LogP contribution in [0.15, 0.2) is 0 Å². The van der Waals surface area contributed by atoms with E-state index in [4.69, 9.17) is 18.9 Å². The van der Waals surface area contributed by atoms with Gasteiger partial charge in [-0.05, 0) is 61.1 Å². The highest BCUT2D eigenvalue weighted by atomic mass is 16.7. The van der Waals surface area contributed by atoms with E-state index >= 15 is 0 Å². The zero-order chi connectivity index (χ0) is 31.6. The van der Waals surface area contributed by atoms with Gasteiger partial charge in [-0.15, -0.1) is 0 Å². The van der Waals surface area contributed by atoms with Crippen molar-refractivity contribution in [3.05, 3.63) is 0 Å². The van der Waals surface area contributed by atoms with Crippen molar-refractivity contribution in [3.8, 4) is 0 Å². The quantitative estimate of drug-likeness (QED) is 0.345. The number of aliphatic hydroxyl groups is 4. The molecule has 2 rings (SSSR count). The van der Waals surface area contributed by atoms with E-state index in [-0.39, 0.29) is 30.8 Å². The summed E-state index contributed by atoms with van der Waals surface area (Å²) in [6.45, 7) is 13.2. The second-order valence-corrected chi connectivity index (χ2v) is 13.1. The highest BCUT2D eigenvalue weighted by Gasteiger charge is 2.51. The third-order valence-corrected chi connectivity index (χ3v) is 9.52.